The zero-order valence-electron chi connectivity index (χ0n) is 16.0. The zero-order valence-corrected chi connectivity index (χ0v) is 17.6. The number of rotatable bonds is 7. The second kappa shape index (κ2) is 8.30. The predicted molar refractivity (Wildman–Crippen MR) is 117 cm³/mol. The van der Waals surface area contributed by atoms with Crippen molar-refractivity contribution in [1.82, 2.24) is 14.8 Å². The highest BCUT2D eigenvalue weighted by Crippen LogP contribution is 2.26. The van der Waals surface area contributed by atoms with E-state index in [4.69, 9.17) is 10.2 Å². The van der Waals surface area contributed by atoms with E-state index < -0.39 is 16.0 Å². The van der Waals surface area contributed by atoms with Crippen LogP contribution in [0.5, 0.6) is 0 Å². The molecule has 4 aromatic rings. The maximum atomic E-state index is 11.4. The van der Waals surface area contributed by atoms with Gasteiger partial charge in [0.05, 0.1) is 10.6 Å². The Bertz CT molecular complexity index is 1330. The molecule has 0 amide bonds. The largest absolute Gasteiger partial charge is 0.476 e. The molecule has 2 aromatic heterocycles. The number of nitrogens with two attached hydrogens (primary N) is 1. The fraction of sp³-hybridized carbons (Fsp3) is 0.0500. The number of primary sulfonamides is 1. The quantitative estimate of drug-likeness (QED) is 0.389. The van der Waals surface area contributed by atoms with Gasteiger partial charge in [-0.15, -0.1) is 11.3 Å². The zero-order chi connectivity index (χ0) is 22.0. The minimum Gasteiger partial charge on any atom is -0.476 e. The molecule has 0 aliphatic rings. The van der Waals surface area contributed by atoms with E-state index in [1.54, 1.807) is 23.0 Å². The van der Waals surface area contributed by atoms with Gasteiger partial charge in [-0.2, -0.15) is 5.10 Å². The average Bonchev–Trinajstić information content (AvgIpc) is 3.40. The SMILES string of the molecule is NS(=O)(=O)c1ccc(NCc2cn(-c3nc(C(=O)O)cs3)nc2-c2ccccc2)cc1. The minimum atomic E-state index is -3.75. The number of carboxylic acid groups (broad SMARTS) is 1. The standard InChI is InChI=1S/C20H17N5O4S2/c21-31(28,29)16-8-6-15(7-9-16)22-10-14-11-25(20-23-17(12-30-20)19(26)27)24-18(14)13-4-2-1-3-5-13/h1-9,11-12,22H,10H2,(H,26,27)(H2,21,28,29). The maximum absolute atomic E-state index is 11.4. The van der Waals surface area contributed by atoms with Crippen molar-refractivity contribution in [2.24, 2.45) is 5.14 Å². The van der Waals surface area contributed by atoms with Crippen molar-refractivity contribution in [1.29, 1.82) is 0 Å². The van der Waals surface area contributed by atoms with E-state index in [9.17, 15) is 13.2 Å². The summed E-state index contributed by atoms with van der Waals surface area (Å²) in [6.45, 7) is 0.399. The van der Waals surface area contributed by atoms with Crippen molar-refractivity contribution in [3.8, 4) is 16.4 Å². The normalized spacial score (nSPS) is 11.4. The van der Waals surface area contributed by atoms with E-state index in [0.717, 1.165) is 16.8 Å². The lowest BCUT2D eigenvalue weighted by molar-refractivity contribution is 0.0691. The predicted octanol–water partition coefficient (Wildman–Crippen LogP) is 2.95. The van der Waals surface area contributed by atoms with Gasteiger partial charge in [0.25, 0.3) is 0 Å². The molecule has 0 fully saturated rings. The van der Waals surface area contributed by atoms with Crippen LogP contribution in [0.15, 0.2) is 71.1 Å². The van der Waals surface area contributed by atoms with E-state index in [1.165, 1.54) is 28.8 Å². The van der Waals surface area contributed by atoms with E-state index >= 15 is 0 Å². The number of nitrogens with one attached hydrogen (secondary N) is 1. The van der Waals surface area contributed by atoms with Gasteiger partial charge < -0.3 is 10.4 Å². The molecule has 2 aromatic carbocycles. The topological polar surface area (TPSA) is 140 Å². The molecule has 0 unspecified atom stereocenters. The summed E-state index contributed by atoms with van der Waals surface area (Å²) >= 11 is 1.19. The van der Waals surface area contributed by atoms with Gasteiger partial charge in [-0.1, -0.05) is 30.3 Å². The monoisotopic (exact) mass is 455 g/mol. The molecule has 0 aliphatic carbocycles. The van der Waals surface area contributed by atoms with Crippen LogP contribution in [0.3, 0.4) is 0 Å². The van der Waals surface area contributed by atoms with Gasteiger partial charge in [0.2, 0.25) is 15.2 Å². The van der Waals surface area contributed by atoms with Crippen molar-refractivity contribution >= 4 is 33.0 Å². The number of anilines is 1. The van der Waals surface area contributed by atoms with Crippen LogP contribution < -0.4 is 10.5 Å². The number of hydrogen-bond donors (Lipinski definition) is 3. The lowest BCUT2D eigenvalue weighted by Crippen LogP contribution is -2.12. The van der Waals surface area contributed by atoms with Gasteiger partial charge in [-0.3, -0.25) is 0 Å². The third-order valence-electron chi connectivity index (χ3n) is 4.41. The number of aromatic carboxylic acids is 1. The van der Waals surface area contributed by atoms with Gasteiger partial charge in [-0.05, 0) is 24.3 Å². The van der Waals surface area contributed by atoms with Crippen molar-refractivity contribution in [3.63, 3.8) is 0 Å². The van der Waals surface area contributed by atoms with Crippen LogP contribution in [0, 0.1) is 0 Å². The third-order valence-corrected chi connectivity index (χ3v) is 6.17. The fourth-order valence-corrected chi connectivity index (χ4v) is 4.14. The van der Waals surface area contributed by atoms with Gasteiger partial charge in [-0.25, -0.2) is 28.0 Å². The molecule has 0 aliphatic heterocycles. The Morgan fingerprint density at radius 3 is 2.45 bits per heavy atom. The minimum absolute atomic E-state index is 0.0358. The van der Waals surface area contributed by atoms with Crippen molar-refractivity contribution < 1.29 is 18.3 Å². The number of hydrogen-bond acceptors (Lipinski definition) is 7. The van der Waals surface area contributed by atoms with Gasteiger partial charge in [0.15, 0.2) is 5.69 Å². The molecule has 31 heavy (non-hydrogen) atoms. The lowest BCUT2D eigenvalue weighted by Gasteiger charge is -2.07. The summed E-state index contributed by atoms with van der Waals surface area (Å²) < 4.78 is 24.4. The molecule has 0 atom stereocenters. The van der Waals surface area contributed by atoms with Crippen LogP contribution in [0.2, 0.25) is 0 Å². The van der Waals surface area contributed by atoms with E-state index in [0.29, 0.717) is 17.4 Å². The number of benzene rings is 2. The smallest absolute Gasteiger partial charge is 0.355 e. The molecule has 9 nitrogen and oxygen atoms in total. The van der Waals surface area contributed by atoms with Crippen LogP contribution in [0.4, 0.5) is 5.69 Å². The molecule has 2 heterocycles. The first-order chi connectivity index (χ1) is 14.8. The molecule has 0 saturated carbocycles. The number of nitrogens with zero attached hydrogens (tertiary/aromatic N) is 3. The summed E-state index contributed by atoms with van der Waals surface area (Å²) in [7, 11) is -3.75. The first-order valence-corrected chi connectivity index (χ1v) is 11.4. The number of thiazole rings is 1. The Balaban J connectivity index is 1.64. The molecular formula is C20H17N5O4S2. The van der Waals surface area contributed by atoms with Crippen LogP contribution in [-0.4, -0.2) is 34.3 Å². The van der Waals surface area contributed by atoms with Crippen molar-refractivity contribution in [3.05, 3.63) is 77.4 Å². The first-order valence-electron chi connectivity index (χ1n) is 9.01. The molecule has 4 rings (SSSR count). The van der Waals surface area contributed by atoms with E-state index in [2.05, 4.69) is 15.4 Å². The molecule has 158 valence electrons. The van der Waals surface area contributed by atoms with E-state index in [-0.39, 0.29) is 10.6 Å². The van der Waals surface area contributed by atoms with Crippen LogP contribution in [0.25, 0.3) is 16.4 Å². The van der Waals surface area contributed by atoms with Crippen molar-refractivity contribution in [2.75, 3.05) is 5.32 Å². The Labute approximate surface area is 181 Å². The average molecular weight is 456 g/mol. The maximum Gasteiger partial charge on any atom is 0.355 e. The summed E-state index contributed by atoms with van der Waals surface area (Å²) in [4.78, 5) is 15.3. The van der Waals surface area contributed by atoms with Gasteiger partial charge in [0.1, 0.15) is 0 Å². The lowest BCUT2D eigenvalue weighted by atomic mass is 10.1. The second-order valence-corrected chi connectivity index (χ2v) is 8.95. The van der Waals surface area contributed by atoms with E-state index in [1.807, 2.05) is 30.3 Å². The second-order valence-electron chi connectivity index (χ2n) is 6.56. The van der Waals surface area contributed by atoms with Gasteiger partial charge in [0, 0.05) is 34.9 Å². The Hall–Kier alpha value is -3.54. The number of sulfonamides is 1. The number of carbonyl (C=O) groups is 1. The Kier molecular flexibility index (Phi) is 5.55. The van der Waals surface area contributed by atoms with Crippen molar-refractivity contribution in [2.45, 2.75) is 11.4 Å². The first kappa shape index (κ1) is 20.7. The number of aromatic nitrogens is 3. The molecular weight excluding hydrogens is 438 g/mol. The molecule has 0 bridgehead atoms. The number of carboxylic acids is 1. The highest BCUT2D eigenvalue weighted by atomic mass is 32.2. The highest BCUT2D eigenvalue weighted by molar-refractivity contribution is 7.89. The highest BCUT2D eigenvalue weighted by Gasteiger charge is 2.16. The fourth-order valence-electron chi connectivity index (χ4n) is 2.90. The molecule has 0 saturated heterocycles. The Morgan fingerprint density at radius 2 is 1.84 bits per heavy atom. The molecule has 0 radical (unpaired) electrons. The summed E-state index contributed by atoms with van der Waals surface area (Å²) in [6.07, 6.45) is 1.79. The van der Waals surface area contributed by atoms with Crippen LogP contribution >= 0.6 is 11.3 Å². The summed E-state index contributed by atoms with van der Waals surface area (Å²) in [5, 5.41) is 24.0. The molecule has 4 N–H and O–H groups in total. The summed E-state index contributed by atoms with van der Waals surface area (Å²) in [5.74, 6) is -1.09. The van der Waals surface area contributed by atoms with Crippen LogP contribution in [-0.2, 0) is 16.6 Å². The van der Waals surface area contributed by atoms with Gasteiger partial charge >= 0.3 is 5.97 Å². The Morgan fingerprint density at radius 1 is 1.13 bits per heavy atom. The molecule has 0 spiro atoms. The third kappa shape index (κ3) is 4.63. The molecule has 11 heteroatoms. The van der Waals surface area contributed by atoms with Crippen LogP contribution in [0.1, 0.15) is 16.1 Å². The summed E-state index contributed by atoms with van der Waals surface area (Å²) in [5.41, 5.74) is 3.15. The summed E-state index contributed by atoms with van der Waals surface area (Å²) in [6, 6.07) is 15.7.